The molecule has 2 fully saturated rings. The number of carbonyl (C=O) groups is 2. The fraction of sp³-hybridized carbons (Fsp3) is 0.579. The Morgan fingerprint density at radius 3 is 2.46 bits per heavy atom. The largest absolute Gasteiger partial charge is 0.422 e. The highest BCUT2D eigenvalue weighted by Gasteiger charge is 2.66. The van der Waals surface area contributed by atoms with E-state index in [1.807, 2.05) is 26.0 Å². The van der Waals surface area contributed by atoms with Crippen LogP contribution in [0.2, 0.25) is 5.02 Å². The van der Waals surface area contributed by atoms with Crippen LogP contribution >= 0.6 is 11.6 Å². The van der Waals surface area contributed by atoms with E-state index >= 15 is 0 Å². The summed E-state index contributed by atoms with van der Waals surface area (Å²) in [6.45, 7) is 7.53. The number of benzene rings is 1. The monoisotopic (exact) mass is 379 g/mol. The van der Waals surface area contributed by atoms with Gasteiger partial charge in [0.2, 0.25) is 0 Å². The van der Waals surface area contributed by atoms with Crippen LogP contribution in [0.3, 0.4) is 0 Å². The quantitative estimate of drug-likeness (QED) is 0.510. The maximum absolute atomic E-state index is 13.1. The van der Waals surface area contributed by atoms with Gasteiger partial charge in [0.05, 0.1) is 18.2 Å². The summed E-state index contributed by atoms with van der Waals surface area (Å²) in [5.74, 6) is -2.38. The van der Waals surface area contributed by atoms with Gasteiger partial charge in [-0.3, -0.25) is 9.59 Å². The molecule has 7 heteroatoms. The van der Waals surface area contributed by atoms with E-state index in [4.69, 9.17) is 25.8 Å². The summed E-state index contributed by atoms with van der Waals surface area (Å²) >= 11 is 6.21. The minimum atomic E-state index is -1.45. The minimum Gasteiger partial charge on any atom is -0.422 e. The molecular weight excluding hydrogens is 358 g/mol. The molecule has 0 saturated carbocycles. The summed E-state index contributed by atoms with van der Waals surface area (Å²) in [5, 5.41) is 0.611. The van der Waals surface area contributed by atoms with Crippen LogP contribution in [-0.4, -0.2) is 42.5 Å². The average molecular weight is 380 g/mol. The van der Waals surface area contributed by atoms with Crippen molar-refractivity contribution < 1.29 is 23.8 Å². The van der Waals surface area contributed by atoms with Gasteiger partial charge < -0.3 is 19.1 Å². The highest BCUT2D eigenvalue weighted by atomic mass is 35.5. The molecular formula is C19H22ClNO5. The topological polar surface area (TPSA) is 65.1 Å². The zero-order chi connectivity index (χ0) is 18.9. The van der Waals surface area contributed by atoms with Crippen LogP contribution in [-0.2, 0) is 30.2 Å². The fourth-order valence-corrected chi connectivity index (χ4v) is 4.69. The molecule has 3 atom stereocenters. The number of cyclic esters (lactones) is 2. The zero-order valence-electron chi connectivity index (χ0n) is 15.2. The predicted molar refractivity (Wildman–Crippen MR) is 95.0 cm³/mol. The molecule has 4 rings (SSSR count). The van der Waals surface area contributed by atoms with Crippen molar-refractivity contribution in [1.29, 1.82) is 0 Å². The summed E-state index contributed by atoms with van der Waals surface area (Å²) in [7, 11) is 0. The molecule has 3 heterocycles. The van der Waals surface area contributed by atoms with E-state index in [0.717, 1.165) is 11.3 Å². The Kier molecular flexibility index (Phi) is 3.80. The number of nitrogens with zero attached hydrogens (tertiary/aromatic N) is 1. The lowest BCUT2D eigenvalue weighted by Gasteiger charge is -2.55. The number of carbonyl (C=O) groups excluding carboxylic acids is 2. The van der Waals surface area contributed by atoms with Gasteiger partial charge in [-0.25, -0.2) is 0 Å². The van der Waals surface area contributed by atoms with Gasteiger partial charge in [-0.1, -0.05) is 17.7 Å². The molecule has 0 amide bonds. The van der Waals surface area contributed by atoms with E-state index in [0.29, 0.717) is 11.6 Å². The third kappa shape index (κ3) is 2.42. The van der Waals surface area contributed by atoms with Crippen LogP contribution in [0.4, 0.5) is 5.69 Å². The summed E-state index contributed by atoms with van der Waals surface area (Å²) in [5.41, 5.74) is 0.358. The van der Waals surface area contributed by atoms with Crippen molar-refractivity contribution in [3.63, 3.8) is 0 Å². The maximum Gasteiger partial charge on any atom is 0.329 e. The first kappa shape index (κ1) is 17.6. The number of hydrogen-bond acceptors (Lipinski definition) is 6. The van der Waals surface area contributed by atoms with Gasteiger partial charge >= 0.3 is 11.9 Å². The molecule has 0 radical (unpaired) electrons. The molecule has 0 aromatic heterocycles. The lowest BCUT2D eigenvalue weighted by atomic mass is 9.68. The van der Waals surface area contributed by atoms with Crippen molar-refractivity contribution in [3.8, 4) is 0 Å². The molecule has 6 nitrogen and oxygen atoms in total. The second kappa shape index (κ2) is 5.60. The van der Waals surface area contributed by atoms with Crippen LogP contribution < -0.4 is 4.90 Å². The van der Waals surface area contributed by atoms with Crippen LogP contribution in [0.15, 0.2) is 18.2 Å². The van der Waals surface area contributed by atoms with Gasteiger partial charge in [-0.15, -0.1) is 0 Å². The van der Waals surface area contributed by atoms with Crippen molar-refractivity contribution >= 4 is 29.2 Å². The van der Waals surface area contributed by atoms with Gasteiger partial charge in [0, 0.05) is 37.5 Å². The highest BCUT2D eigenvalue weighted by molar-refractivity contribution is 6.30. The summed E-state index contributed by atoms with van der Waals surface area (Å²) in [4.78, 5) is 28.3. The first-order valence-corrected chi connectivity index (χ1v) is 9.19. The molecule has 0 unspecified atom stereocenters. The lowest BCUT2D eigenvalue weighted by molar-refractivity contribution is -0.256. The Morgan fingerprint density at radius 2 is 1.81 bits per heavy atom. The second-order valence-corrected chi connectivity index (χ2v) is 8.29. The number of ether oxygens (including phenoxy) is 3. The standard InChI is InChI=1S/C19H22ClNO5/c1-10-9-21-14-7-13(20)6-5-12(14)8-19(15(21)11(2)24-10)16(22)25-18(3,4)26-17(19)23/h5-7,10-11,15H,8-9H2,1-4H3/t10-,11+,15+/m1/s1. The molecule has 0 aliphatic carbocycles. The number of morpholine rings is 1. The van der Waals surface area contributed by atoms with Crippen LogP contribution in [0.5, 0.6) is 0 Å². The average Bonchev–Trinajstić information content (AvgIpc) is 2.51. The molecule has 3 aliphatic heterocycles. The molecule has 26 heavy (non-hydrogen) atoms. The maximum atomic E-state index is 13.1. The van der Waals surface area contributed by atoms with Gasteiger partial charge in [0.25, 0.3) is 5.79 Å². The van der Waals surface area contributed by atoms with Gasteiger partial charge in [0.15, 0.2) is 5.41 Å². The number of rotatable bonds is 0. The fourth-order valence-electron chi connectivity index (χ4n) is 4.52. The molecule has 1 aromatic rings. The summed E-state index contributed by atoms with van der Waals surface area (Å²) in [6, 6.07) is 5.00. The lowest BCUT2D eigenvalue weighted by Crippen LogP contribution is -2.71. The van der Waals surface area contributed by atoms with E-state index in [1.165, 1.54) is 0 Å². The molecule has 1 spiro atoms. The third-order valence-corrected chi connectivity index (χ3v) is 5.65. The normalized spacial score (nSPS) is 31.7. The van der Waals surface area contributed by atoms with E-state index < -0.39 is 29.2 Å². The number of hydrogen-bond donors (Lipinski definition) is 0. The highest BCUT2D eigenvalue weighted by Crippen LogP contribution is 2.49. The second-order valence-electron chi connectivity index (χ2n) is 7.85. The number of anilines is 1. The van der Waals surface area contributed by atoms with Crippen LogP contribution in [0, 0.1) is 5.41 Å². The first-order valence-electron chi connectivity index (χ1n) is 8.81. The molecule has 0 bridgehead atoms. The minimum absolute atomic E-state index is 0.0460. The van der Waals surface area contributed by atoms with Crippen molar-refractivity contribution in [3.05, 3.63) is 28.8 Å². The number of fused-ring (bicyclic) bond motifs is 4. The van der Waals surface area contributed by atoms with Crippen molar-refractivity contribution in [2.75, 3.05) is 11.4 Å². The smallest absolute Gasteiger partial charge is 0.329 e. The van der Waals surface area contributed by atoms with Gasteiger partial charge in [0.1, 0.15) is 0 Å². The van der Waals surface area contributed by atoms with Gasteiger partial charge in [-0.2, -0.15) is 0 Å². The van der Waals surface area contributed by atoms with E-state index in [9.17, 15) is 9.59 Å². The summed E-state index contributed by atoms with van der Waals surface area (Å²) in [6.07, 6.45) is -0.196. The molecule has 3 aliphatic rings. The van der Waals surface area contributed by atoms with E-state index in [2.05, 4.69) is 4.90 Å². The third-order valence-electron chi connectivity index (χ3n) is 5.42. The molecule has 2 saturated heterocycles. The first-order chi connectivity index (χ1) is 12.1. The Balaban J connectivity index is 1.90. The van der Waals surface area contributed by atoms with Crippen molar-refractivity contribution in [1.82, 2.24) is 0 Å². The Labute approximate surface area is 157 Å². The Bertz CT molecular complexity index is 772. The molecule has 1 aromatic carbocycles. The van der Waals surface area contributed by atoms with Gasteiger partial charge in [-0.05, 0) is 31.5 Å². The SMILES string of the molecule is C[C@@H]1CN2c3cc(Cl)ccc3CC3(C(=O)OC(C)(C)OC3=O)[C@@H]2[C@H](C)O1. The predicted octanol–water partition coefficient (Wildman–Crippen LogP) is 2.70. The Hall–Kier alpha value is -1.79. The summed E-state index contributed by atoms with van der Waals surface area (Å²) < 4.78 is 17.0. The molecule has 0 N–H and O–H groups in total. The van der Waals surface area contributed by atoms with E-state index in [1.54, 1.807) is 19.9 Å². The van der Waals surface area contributed by atoms with E-state index in [-0.39, 0.29) is 18.6 Å². The molecule has 140 valence electrons. The number of halogens is 1. The van der Waals surface area contributed by atoms with Crippen LogP contribution in [0.1, 0.15) is 33.3 Å². The van der Waals surface area contributed by atoms with Crippen molar-refractivity contribution in [2.24, 2.45) is 5.41 Å². The van der Waals surface area contributed by atoms with Crippen LogP contribution in [0.25, 0.3) is 0 Å². The zero-order valence-corrected chi connectivity index (χ0v) is 16.0. The number of esters is 2. The Morgan fingerprint density at radius 1 is 1.15 bits per heavy atom. The van der Waals surface area contributed by atoms with Crippen molar-refractivity contribution in [2.45, 2.75) is 58.2 Å².